The number of halogens is 2. The Balaban J connectivity index is 1.83. The predicted molar refractivity (Wildman–Crippen MR) is 74.3 cm³/mol. The van der Waals surface area contributed by atoms with Crippen LogP contribution in [-0.2, 0) is 0 Å². The van der Waals surface area contributed by atoms with E-state index in [1.54, 1.807) is 12.1 Å². The largest absolute Gasteiger partial charge is 0.340 e. The molecule has 0 spiro atoms. The number of H-pyrrole nitrogens is 1. The third-order valence-electron chi connectivity index (χ3n) is 2.51. The Morgan fingerprint density at radius 3 is 2.85 bits per heavy atom. The molecule has 0 fully saturated rings. The number of nitrogens with one attached hydrogen (secondary N) is 2. The van der Waals surface area contributed by atoms with Crippen LogP contribution in [0.3, 0.4) is 0 Å². The summed E-state index contributed by atoms with van der Waals surface area (Å²) in [6.07, 6.45) is 3.03. The molecule has 6 nitrogen and oxygen atoms in total. The van der Waals surface area contributed by atoms with E-state index < -0.39 is 0 Å². The van der Waals surface area contributed by atoms with E-state index in [0.717, 1.165) is 5.56 Å². The molecule has 0 aliphatic carbocycles. The molecule has 0 saturated heterocycles. The van der Waals surface area contributed by atoms with Crippen molar-refractivity contribution in [3.8, 4) is 0 Å². The van der Waals surface area contributed by atoms with E-state index in [1.807, 2.05) is 0 Å². The lowest BCUT2D eigenvalue weighted by atomic mass is 10.2. The van der Waals surface area contributed by atoms with Crippen LogP contribution < -0.4 is 5.43 Å². The summed E-state index contributed by atoms with van der Waals surface area (Å²) in [4.78, 5) is 14.9. The Hall–Kier alpha value is -2.54. The maximum absolute atomic E-state index is 12.8. The maximum Gasteiger partial charge on any atom is 0.226 e. The summed E-state index contributed by atoms with van der Waals surface area (Å²) >= 11 is 5.78. The van der Waals surface area contributed by atoms with Crippen LogP contribution in [0.4, 0.5) is 10.2 Å². The molecular weight excluding hydrogens is 283 g/mol. The van der Waals surface area contributed by atoms with Gasteiger partial charge in [-0.1, -0.05) is 12.1 Å². The second kappa shape index (κ2) is 5.22. The summed E-state index contributed by atoms with van der Waals surface area (Å²) in [5, 5.41) is 4.09. The van der Waals surface area contributed by atoms with Crippen molar-refractivity contribution in [2.24, 2.45) is 5.10 Å². The minimum absolute atomic E-state index is 0.0732. The average molecular weight is 291 g/mol. The van der Waals surface area contributed by atoms with Crippen LogP contribution in [0, 0.1) is 5.82 Å². The van der Waals surface area contributed by atoms with Gasteiger partial charge in [0.15, 0.2) is 11.5 Å². The zero-order chi connectivity index (χ0) is 13.9. The zero-order valence-electron chi connectivity index (χ0n) is 10.0. The molecule has 3 aromatic rings. The first-order valence-corrected chi connectivity index (χ1v) is 6.01. The van der Waals surface area contributed by atoms with Crippen molar-refractivity contribution in [3.63, 3.8) is 0 Å². The molecule has 0 atom stereocenters. The fourth-order valence-electron chi connectivity index (χ4n) is 1.60. The van der Waals surface area contributed by atoms with Crippen LogP contribution in [0.25, 0.3) is 11.2 Å². The van der Waals surface area contributed by atoms with Crippen molar-refractivity contribution in [1.29, 1.82) is 0 Å². The van der Waals surface area contributed by atoms with E-state index in [9.17, 15) is 4.39 Å². The van der Waals surface area contributed by atoms with Crippen LogP contribution in [0.15, 0.2) is 35.7 Å². The van der Waals surface area contributed by atoms with E-state index in [2.05, 4.69) is 30.5 Å². The second-order valence-corrected chi connectivity index (χ2v) is 4.20. The van der Waals surface area contributed by atoms with Gasteiger partial charge in [0, 0.05) is 0 Å². The van der Waals surface area contributed by atoms with Crippen LogP contribution in [0.1, 0.15) is 5.56 Å². The summed E-state index contributed by atoms with van der Waals surface area (Å²) in [6, 6.07) is 5.94. The minimum atomic E-state index is -0.295. The first kappa shape index (κ1) is 12.5. The third kappa shape index (κ3) is 2.57. The number of imidazole rings is 1. The van der Waals surface area contributed by atoms with Crippen molar-refractivity contribution in [2.75, 3.05) is 5.43 Å². The highest BCUT2D eigenvalue weighted by atomic mass is 35.5. The molecule has 0 saturated carbocycles. The first-order valence-electron chi connectivity index (χ1n) is 5.63. The van der Waals surface area contributed by atoms with Crippen molar-refractivity contribution >= 4 is 34.8 Å². The molecule has 0 bridgehead atoms. The standard InChI is InChI=1S/C12H8ClFN6/c13-12-18-10-9(15-6-16-10)11(19-12)20-17-5-7-1-3-8(14)4-2-7/h1-6H,(H2,15,16,18,19,20)/b17-5+. The quantitative estimate of drug-likeness (QED) is 0.441. The fourth-order valence-corrected chi connectivity index (χ4v) is 1.77. The van der Waals surface area contributed by atoms with Gasteiger partial charge in [0.2, 0.25) is 5.28 Å². The van der Waals surface area contributed by atoms with Gasteiger partial charge in [-0.3, -0.25) is 5.43 Å². The molecular formula is C12H8ClFN6. The Morgan fingerprint density at radius 1 is 1.25 bits per heavy atom. The van der Waals surface area contributed by atoms with Gasteiger partial charge in [-0.05, 0) is 29.3 Å². The number of nitrogens with zero attached hydrogens (tertiary/aromatic N) is 4. The molecule has 0 aliphatic heterocycles. The molecule has 8 heteroatoms. The Kier molecular flexibility index (Phi) is 3.26. The average Bonchev–Trinajstić information content (AvgIpc) is 2.89. The summed E-state index contributed by atoms with van der Waals surface area (Å²) in [5.74, 6) is 0.118. The molecule has 2 heterocycles. The smallest absolute Gasteiger partial charge is 0.226 e. The molecule has 0 amide bonds. The number of rotatable bonds is 3. The highest BCUT2D eigenvalue weighted by molar-refractivity contribution is 6.28. The van der Waals surface area contributed by atoms with E-state index >= 15 is 0 Å². The number of hydrazone groups is 1. The SMILES string of the molecule is Fc1ccc(/C=N/Nc2nc(Cl)nc3nc[nH]c23)cc1. The number of hydrogen-bond acceptors (Lipinski definition) is 5. The number of aromatic amines is 1. The Morgan fingerprint density at radius 2 is 2.05 bits per heavy atom. The molecule has 0 aliphatic rings. The van der Waals surface area contributed by atoms with Crippen molar-refractivity contribution in [2.45, 2.75) is 0 Å². The molecule has 2 N–H and O–H groups in total. The molecule has 100 valence electrons. The van der Waals surface area contributed by atoms with Gasteiger partial charge < -0.3 is 4.98 Å². The van der Waals surface area contributed by atoms with Crippen LogP contribution in [-0.4, -0.2) is 26.2 Å². The monoisotopic (exact) mass is 290 g/mol. The summed E-state index contributed by atoms with van der Waals surface area (Å²) in [5.41, 5.74) is 4.55. The molecule has 2 aromatic heterocycles. The number of hydrogen-bond donors (Lipinski definition) is 2. The van der Waals surface area contributed by atoms with Crippen molar-refractivity contribution < 1.29 is 4.39 Å². The summed E-state index contributed by atoms with van der Waals surface area (Å²) < 4.78 is 12.8. The van der Waals surface area contributed by atoms with Gasteiger partial charge in [-0.2, -0.15) is 15.1 Å². The van der Waals surface area contributed by atoms with Gasteiger partial charge in [0.1, 0.15) is 11.3 Å². The Bertz CT molecular complexity index is 767. The normalized spacial score (nSPS) is 11.3. The summed E-state index contributed by atoms with van der Waals surface area (Å²) in [6.45, 7) is 0. The van der Waals surface area contributed by atoms with Gasteiger partial charge in [-0.15, -0.1) is 0 Å². The third-order valence-corrected chi connectivity index (χ3v) is 2.68. The number of anilines is 1. The molecule has 0 unspecified atom stereocenters. The van der Waals surface area contributed by atoms with Crippen LogP contribution in [0.5, 0.6) is 0 Å². The lowest BCUT2D eigenvalue weighted by Crippen LogP contribution is -1.97. The van der Waals surface area contributed by atoms with E-state index in [0.29, 0.717) is 17.0 Å². The highest BCUT2D eigenvalue weighted by Gasteiger charge is 2.07. The minimum Gasteiger partial charge on any atom is -0.340 e. The van der Waals surface area contributed by atoms with Gasteiger partial charge >= 0.3 is 0 Å². The lowest BCUT2D eigenvalue weighted by molar-refractivity contribution is 0.628. The van der Waals surface area contributed by atoms with Gasteiger partial charge in [0.05, 0.1) is 12.5 Å². The topological polar surface area (TPSA) is 78.8 Å². The van der Waals surface area contributed by atoms with Gasteiger partial charge in [-0.25, -0.2) is 9.37 Å². The zero-order valence-corrected chi connectivity index (χ0v) is 10.8. The first-order chi connectivity index (χ1) is 9.72. The van der Waals surface area contributed by atoms with Crippen LogP contribution >= 0.6 is 11.6 Å². The van der Waals surface area contributed by atoms with Gasteiger partial charge in [0.25, 0.3) is 0 Å². The number of fused-ring (bicyclic) bond motifs is 1. The van der Waals surface area contributed by atoms with E-state index in [1.165, 1.54) is 24.7 Å². The Labute approximate surface area is 117 Å². The molecule has 3 rings (SSSR count). The second-order valence-electron chi connectivity index (χ2n) is 3.86. The predicted octanol–water partition coefficient (Wildman–Crippen LogP) is 2.59. The number of aromatic nitrogens is 4. The lowest BCUT2D eigenvalue weighted by Gasteiger charge is -2.00. The number of benzene rings is 1. The van der Waals surface area contributed by atoms with E-state index in [4.69, 9.17) is 11.6 Å². The fraction of sp³-hybridized carbons (Fsp3) is 0. The van der Waals surface area contributed by atoms with Crippen LogP contribution in [0.2, 0.25) is 5.28 Å². The maximum atomic E-state index is 12.8. The highest BCUT2D eigenvalue weighted by Crippen LogP contribution is 2.18. The summed E-state index contributed by atoms with van der Waals surface area (Å²) in [7, 11) is 0. The van der Waals surface area contributed by atoms with Crippen molar-refractivity contribution in [1.82, 2.24) is 19.9 Å². The molecule has 0 radical (unpaired) electrons. The van der Waals surface area contributed by atoms with E-state index in [-0.39, 0.29) is 11.1 Å². The molecule has 20 heavy (non-hydrogen) atoms. The molecule has 1 aromatic carbocycles. The van der Waals surface area contributed by atoms with Crippen molar-refractivity contribution in [3.05, 3.63) is 47.3 Å².